The first-order valence-corrected chi connectivity index (χ1v) is 7.79. The zero-order chi connectivity index (χ0) is 15.6. The number of hydrogen-bond donors (Lipinski definition) is 0. The molecule has 2 aromatic rings. The molecule has 0 N–H and O–H groups in total. The Labute approximate surface area is 132 Å². The molecule has 21 heavy (non-hydrogen) atoms. The molecule has 1 aromatic carbocycles. The number of pyridine rings is 1. The normalized spacial score (nSPS) is 11.2. The van der Waals surface area contributed by atoms with Gasteiger partial charge >= 0.3 is 0 Å². The molecule has 0 atom stereocenters. The van der Waals surface area contributed by atoms with E-state index in [0.717, 1.165) is 11.1 Å². The van der Waals surface area contributed by atoms with E-state index in [1.807, 2.05) is 13.1 Å². The average molecular weight is 303 g/mol. The molecule has 0 amide bonds. The van der Waals surface area contributed by atoms with Gasteiger partial charge in [0.2, 0.25) is 0 Å². The van der Waals surface area contributed by atoms with Gasteiger partial charge < -0.3 is 4.90 Å². The van der Waals surface area contributed by atoms with Crippen LogP contribution in [-0.2, 0) is 0 Å². The molecule has 0 unspecified atom stereocenters. The van der Waals surface area contributed by atoms with Gasteiger partial charge in [-0.05, 0) is 52.3 Å². The first kappa shape index (κ1) is 15.8. The SMILES string of the molecule is Cc1cc(-c2ccccc2N(C(C)C)C(C)C)cnc1Cl. The summed E-state index contributed by atoms with van der Waals surface area (Å²) in [5, 5.41) is 0.570. The van der Waals surface area contributed by atoms with Gasteiger partial charge in [-0.25, -0.2) is 4.98 Å². The monoisotopic (exact) mass is 302 g/mol. The van der Waals surface area contributed by atoms with E-state index in [-0.39, 0.29) is 0 Å². The third kappa shape index (κ3) is 3.38. The van der Waals surface area contributed by atoms with Crippen LogP contribution in [0.15, 0.2) is 36.5 Å². The lowest BCUT2D eigenvalue weighted by molar-refractivity contribution is 0.609. The lowest BCUT2D eigenvalue weighted by Gasteiger charge is -2.34. The summed E-state index contributed by atoms with van der Waals surface area (Å²) in [5.74, 6) is 0. The molecule has 2 rings (SSSR count). The Bertz CT molecular complexity index is 612. The summed E-state index contributed by atoms with van der Waals surface area (Å²) in [4.78, 5) is 6.72. The van der Waals surface area contributed by atoms with Gasteiger partial charge in [0.1, 0.15) is 5.15 Å². The molecule has 0 radical (unpaired) electrons. The van der Waals surface area contributed by atoms with Crippen molar-refractivity contribution in [3.05, 3.63) is 47.2 Å². The van der Waals surface area contributed by atoms with Crippen LogP contribution in [-0.4, -0.2) is 17.1 Å². The highest BCUT2D eigenvalue weighted by molar-refractivity contribution is 6.30. The van der Waals surface area contributed by atoms with E-state index in [2.05, 4.69) is 67.9 Å². The Hall–Kier alpha value is -1.54. The highest BCUT2D eigenvalue weighted by Gasteiger charge is 2.18. The molecule has 3 heteroatoms. The van der Waals surface area contributed by atoms with Crippen molar-refractivity contribution < 1.29 is 0 Å². The average Bonchev–Trinajstić information content (AvgIpc) is 2.42. The molecule has 1 aromatic heterocycles. The zero-order valence-electron chi connectivity index (χ0n) is 13.4. The highest BCUT2D eigenvalue weighted by Crippen LogP contribution is 2.33. The number of aromatic nitrogens is 1. The Balaban J connectivity index is 2.57. The molecule has 0 aliphatic rings. The number of nitrogens with zero attached hydrogens (tertiary/aromatic N) is 2. The summed E-state index contributed by atoms with van der Waals surface area (Å²) in [7, 11) is 0. The van der Waals surface area contributed by atoms with Gasteiger partial charge in [-0.2, -0.15) is 0 Å². The molecule has 0 aliphatic carbocycles. The Morgan fingerprint density at radius 1 is 1.05 bits per heavy atom. The van der Waals surface area contributed by atoms with Crippen molar-refractivity contribution in [2.75, 3.05) is 4.90 Å². The molecule has 0 aliphatic heterocycles. The van der Waals surface area contributed by atoms with E-state index in [4.69, 9.17) is 11.6 Å². The fourth-order valence-electron chi connectivity index (χ4n) is 2.80. The first-order valence-electron chi connectivity index (χ1n) is 7.41. The third-order valence-corrected chi connectivity index (χ3v) is 4.02. The number of halogens is 1. The van der Waals surface area contributed by atoms with Gasteiger partial charge in [0.15, 0.2) is 0 Å². The maximum atomic E-state index is 6.05. The van der Waals surface area contributed by atoms with Crippen molar-refractivity contribution in [1.82, 2.24) is 4.98 Å². The Kier molecular flexibility index (Phi) is 4.89. The molecule has 0 saturated heterocycles. The van der Waals surface area contributed by atoms with Crippen molar-refractivity contribution in [2.45, 2.75) is 46.7 Å². The summed E-state index contributed by atoms with van der Waals surface area (Å²) >= 11 is 6.05. The maximum Gasteiger partial charge on any atom is 0.131 e. The number of rotatable bonds is 4. The molecule has 0 spiro atoms. The molecule has 0 fully saturated rings. The quantitative estimate of drug-likeness (QED) is 0.709. The minimum absolute atomic E-state index is 0.438. The van der Waals surface area contributed by atoms with Crippen molar-refractivity contribution >= 4 is 17.3 Å². The Morgan fingerprint density at radius 3 is 2.24 bits per heavy atom. The summed E-state index contributed by atoms with van der Waals surface area (Å²) in [6, 6.07) is 11.5. The van der Waals surface area contributed by atoms with Crippen LogP contribution in [0.2, 0.25) is 5.15 Å². The molecular weight excluding hydrogens is 280 g/mol. The van der Waals surface area contributed by atoms with Crippen molar-refractivity contribution in [3.8, 4) is 11.1 Å². The van der Waals surface area contributed by atoms with E-state index < -0.39 is 0 Å². The molecule has 0 bridgehead atoms. The van der Waals surface area contributed by atoms with Crippen molar-refractivity contribution in [3.63, 3.8) is 0 Å². The predicted octanol–water partition coefficient (Wildman–Crippen LogP) is 5.33. The second kappa shape index (κ2) is 6.48. The van der Waals surface area contributed by atoms with Crippen LogP contribution in [0.5, 0.6) is 0 Å². The number of anilines is 1. The van der Waals surface area contributed by atoms with E-state index in [1.54, 1.807) is 0 Å². The molecule has 0 saturated carbocycles. The van der Waals surface area contributed by atoms with Crippen LogP contribution in [0.4, 0.5) is 5.69 Å². The summed E-state index contributed by atoms with van der Waals surface area (Å²) < 4.78 is 0. The fraction of sp³-hybridized carbons (Fsp3) is 0.389. The van der Waals surface area contributed by atoms with E-state index in [9.17, 15) is 0 Å². The standard InChI is InChI=1S/C18H23ClN2/c1-12(2)21(13(3)4)17-9-7-6-8-16(17)15-10-14(5)18(19)20-11-15/h6-13H,1-5H3. The van der Waals surface area contributed by atoms with Crippen LogP contribution in [0.25, 0.3) is 11.1 Å². The summed E-state index contributed by atoms with van der Waals surface area (Å²) in [6.45, 7) is 10.9. The lowest BCUT2D eigenvalue weighted by atomic mass is 10.0. The molecule has 2 nitrogen and oxygen atoms in total. The second-order valence-electron chi connectivity index (χ2n) is 5.94. The minimum Gasteiger partial charge on any atom is -0.366 e. The Morgan fingerprint density at radius 2 is 1.67 bits per heavy atom. The molecule has 112 valence electrons. The van der Waals surface area contributed by atoms with Gasteiger partial charge in [-0.1, -0.05) is 29.8 Å². The van der Waals surface area contributed by atoms with Gasteiger partial charge in [-0.15, -0.1) is 0 Å². The van der Waals surface area contributed by atoms with Crippen LogP contribution in [0, 0.1) is 6.92 Å². The molecule has 1 heterocycles. The largest absolute Gasteiger partial charge is 0.366 e. The van der Waals surface area contributed by atoms with Crippen LogP contribution in [0.3, 0.4) is 0 Å². The maximum absolute atomic E-state index is 6.05. The lowest BCUT2D eigenvalue weighted by Crippen LogP contribution is -2.37. The topological polar surface area (TPSA) is 16.1 Å². The first-order chi connectivity index (χ1) is 9.91. The fourth-order valence-corrected chi connectivity index (χ4v) is 2.90. The predicted molar refractivity (Wildman–Crippen MR) is 92.2 cm³/mol. The summed E-state index contributed by atoms with van der Waals surface area (Å²) in [6.07, 6.45) is 1.85. The summed E-state index contributed by atoms with van der Waals surface area (Å²) in [5.41, 5.74) is 4.56. The van der Waals surface area contributed by atoms with Crippen LogP contribution >= 0.6 is 11.6 Å². The molecular formula is C18H23ClN2. The van der Waals surface area contributed by atoms with Gasteiger partial charge in [0.25, 0.3) is 0 Å². The van der Waals surface area contributed by atoms with Crippen LogP contribution in [0.1, 0.15) is 33.3 Å². The van der Waals surface area contributed by atoms with Gasteiger partial charge in [-0.3, -0.25) is 0 Å². The van der Waals surface area contributed by atoms with E-state index >= 15 is 0 Å². The number of benzene rings is 1. The second-order valence-corrected chi connectivity index (χ2v) is 6.30. The smallest absolute Gasteiger partial charge is 0.131 e. The van der Waals surface area contributed by atoms with Gasteiger partial charge in [0, 0.05) is 35.1 Å². The van der Waals surface area contributed by atoms with E-state index in [1.165, 1.54) is 11.3 Å². The van der Waals surface area contributed by atoms with Gasteiger partial charge in [0.05, 0.1) is 0 Å². The van der Waals surface area contributed by atoms with Crippen molar-refractivity contribution in [1.29, 1.82) is 0 Å². The number of aryl methyl sites for hydroxylation is 1. The van der Waals surface area contributed by atoms with Crippen molar-refractivity contribution in [2.24, 2.45) is 0 Å². The number of hydrogen-bond acceptors (Lipinski definition) is 2. The van der Waals surface area contributed by atoms with Crippen LogP contribution < -0.4 is 4.90 Å². The van der Waals surface area contributed by atoms with E-state index in [0.29, 0.717) is 17.2 Å². The highest BCUT2D eigenvalue weighted by atomic mass is 35.5. The number of para-hydroxylation sites is 1. The third-order valence-electron chi connectivity index (χ3n) is 3.62. The minimum atomic E-state index is 0.438. The zero-order valence-corrected chi connectivity index (χ0v) is 14.1.